The van der Waals surface area contributed by atoms with Crippen LogP contribution < -0.4 is 0 Å². The summed E-state index contributed by atoms with van der Waals surface area (Å²) in [6, 6.07) is 2.34. The van der Waals surface area contributed by atoms with Gasteiger partial charge in [-0.15, -0.1) is 0 Å². The van der Waals surface area contributed by atoms with Gasteiger partial charge < -0.3 is 8.85 Å². The van der Waals surface area contributed by atoms with Gasteiger partial charge in [0.1, 0.15) is 0 Å². The molecule has 2 nitrogen and oxygen atoms in total. The van der Waals surface area contributed by atoms with E-state index in [9.17, 15) is 0 Å². The van der Waals surface area contributed by atoms with Crippen LogP contribution in [0, 0.1) is 0 Å². The van der Waals surface area contributed by atoms with E-state index < -0.39 is 8.56 Å². The molecular weight excluding hydrogens is 252 g/mol. The molecule has 0 spiro atoms. The highest BCUT2D eigenvalue weighted by molar-refractivity contribution is 6.67. The maximum Gasteiger partial charge on any atom is 0.337 e. The molecule has 0 atom stereocenters. The Morgan fingerprint density at radius 2 is 1.00 bits per heavy atom. The second-order valence-electron chi connectivity index (χ2n) is 5.65. The van der Waals surface area contributed by atoms with Gasteiger partial charge in [0.15, 0.2) is 0 Å². The fourth-order valence-electron chi connectivity index (χ4n) is 2.59. The second-order valence-corrected chi connectivity index (χ2v) is 9.29. The zero-order chi connectivity index (χ0) is 14.4. The van der Waals surface area contributed by atoms with Crippen LogP contribution >= 0.6 is 0 Å². The van der Waals surface area contributed by atoms with Crippen LogP contribution in [0.4, 0.5) is 0 Å². The minimum absolute atomic E-state index is 1.16. The molecule has 0 saturated carbocycles. The average molecular weight is 289 g/mol. The van der Waals surface area contributed by atoms with Crippen molar-refractivity contribution in [3.8, 4) is 0 Å². The van der Waals surface area contributed by atoms with Gasteiger partial charge in [-0.25, -0.2) is 0 Å². The Hall–Kier alpha value is 0.137. The lowest BCUT2D eigenvalue weighted by Crippen LogP contribution is -2.39. The molecule has 0 aromatic carbocycles. The molecular formula is C16H36O2Si. The predicted molar refractivity (Wildman–Crippen MR) is 86.9 cm³/mol. The van der Waals surface area contributed by atoms with Gasteiger partial charge in [0.05, 0.1) is 0 Å². The first-order chi connectivity index (χ1) is 9.24. The molecule has 0 radical (unpaired) electrons. The highest BCUT2D eigenvalue weighted by atomic mass is 28.4. The summed E-state index contributed by atoms with van der Waals surface area (Å²) in [5.74, 6) is 0. The average Bonchev–Trinajstić information content (AvgIpc) is 2.45. The summed E-state index contributed by atoms with van der Waals surface area (Å²) in [5.41, 5.74) is 0. The van der Waals surface area contributed by atoms with Crippen molar-refractivity contribution in [2.24, 2.45) is 0 Å². The lowest BCUT2D eigenvalue weighted by atomic mass is 10.1. The minimum atomic E-state index is -1.85. The summed E-state index contributed by atoms with van der Waals surface area (Å²) >= 11 is 0. The first kappa shape index (κ1) is 19.1. The van der Waals surface area contributed by atoms with Crippen molar-refractivity contribution in [1.82, 2.24) is 0 Å². The lowest BCUT2D eigenvalue weighted by Gasteiger charge is -2.27. The van der Waals surface area contributed by atoms with Crippen molar-refractivity contribution in [1.29, 1.82) is 0 Å². The third kappa shape index (κ3) is 9.64. The summed E-state index contributed by atoms with van der Waals surface area (Å²) < 4.78 is 11.5. The van der Waals surface area contributed by atoms with Gasteiger partial charge in [0.2, 0.25) is 0 Å². The molecule has 0 aliphatic carbocycles. The van der Waals surface area contributed by atoms with E-state index in [0.717, 1.165) is 6.04 Å². The molecule has 116 valence electrons. The fourth-order valence-corrected chi connectivity index (χ4v) is 5.50. The molecule has 0 aliphatic rings. The third-order valence-electron chi connectivity index (χ3n) is 4.07. The van der Waals surface area contributed by atoms with Gasteiger partial charge in [-0.2, -0.15) is 0 Å². The molecule has 0 aliphatic heterocycles. The molecule has 0 aromatic heterocycles. The van der Waals surface area contributed by atoms with Crippen LogP contribution in [0.1, 0.15) is 78.1 Å². The van der Waals surface area contributed by atoms with E-state index in [1.165, 1.54) is 70.3 Å². The minimum Gasteiger partial charge on any atom is -0.398 e. The van der Waals surface area contributed by atoms with Crippen LogP contribution in [-0.4, -0.2) is 22.8 Å². The van der Waals surface area contributed by atoms with Crippen molar-refractivity contribution in [2.45, 2.75) is 90.1 Å². The van der Waals surface area contributed by atoms with Crippen LogP contribution in [0.2, 0.25) is 12.1 Å². The summed E-state index contributed by atoms with van der Waals surface area (Å²) in [7, 11) is 1.84. The number of hydrogen-bond acceptors (Lipinski definition) is 2. The molecule has 0 rings (SSSR count). The van der Waals surface area contributed by atoms with E-state index in [1.807, 2.05) is 14.2 Å². The Labute approximate surface area is 122 Å². The van der Waals surface area contributed by atoms with Crippen LogP contribution in [0.15, 0.2) is 0 Å². The molecule has 0 aromatic rings. The van der Waals surface area contributed by atoms with Crippen molar-refractivity contribution in [3.63, 3.8) is 0 Å². The fraction of sp³-hybridized carbons (Fsp3) is 1.00. The second kappa shape index (κ2) is 13.1. The van der Waals surface area contributed by atoms with Crippen LogP contribution in [0.25, 0.3) is 0 Å². The van der Waals surface area contributed by atoms with E-state index >= 15 is 0 Å². The van der Waals surface area contributed by atoms with E-state index in [4.69, 9.17) is 8.85 Å². The Morgan fingerprint density at radius 3 is 1.47 bits per heavy atom. The van der Waals surface area contributed by atoms with Crippen molar-refractivity contribution >= 4 is 8.56 Å². The summed E-state index contributed by atoms with van der Waals surface area (Å²) in [5, 5.41) is 0. The van der Waals surface area contributed by atoms with Crippen LogP contribution in [0.5, 0.6) is 0 Å². The topological polar surface area (TPSA) is 18.5 Å². The van der Waals surface area contributed by atoms with Gasteiger partial charge >= 0.3 is 8.56 Å². The highest BCUT2D eigenvalue weighted by Crippen LogP contribution is 2.24. The number of unbranched alkanes of at least 4 members (excludes halogenated alkanes) is 8. The molecule has 19 heavy (non-hydrogen) atoms. The lowest BCUT2D eigenvalue weighted by molar-refractivity contribution is 0.238. The smallest absolute Gasteiger partial charge is 0.337 e. The van der Waals surface area contributed by atoms with Gasteiger partial charge in [-0.1, -0.05) is 78.1 Å². The van der Waals surface area contributed by atoms with Gasteiger partial charge in [-0.3, -0.25) is 0 Å². The van der Waals surface area contributed by atoms with Crippen molar-refractivity contribution in [2.75, 3.05) is 14.2 Å². The molecule has 0 N–H and O–H groups in total. The first-order valence-electron chi connectivity index (χ1n) is 8.35. The van der Waals surface area contributed by atoms with E-state index in [0.29, 0.717) is 0 Å². The van der Waals surface area contributed by atoms with Gasteiger partial charge in [-0.05, 0) is 12.1 Å². The van der Waals surface area contributed by atoms with Gasteiger partial charge in [0.25, 0.3) is 0 Å². The summed E-state index contributed by atoms with van der Waals surface area (Å²) in [4.78, 5) is 0. The zero-order valence-corrected chi connectivity index (χ0v) is 14.8. The summed E-state index contributed by atoms with van der Waals surface area (Å²) in [6.45, 7) is 4.51. The number of hydrogen-bond donors (Lipinski definition) is 0. The molecule has 0 heterocycles. The molecule has 0 fully saturated rings. The molecule has 3 heteroatoms. The Balaban J connectivity index is 3.63. The number of rotatable bonds is 14. The van der Waals surface area contributed by atoms with Crippen molar-refractivity contribution < 1.29 is 8.85 Å². The maximum atomic E-state index is 5.77. The van der Waals surface area contributed by atoms with Crippen LogP contribution in [-0.2, 0) is 8.85 Å². The molecule has 0 unspecified atom stereocenters. The normalized spacial score (nSPS) is 12.0. The summed E-state index contributed by atoms with van der Waals surface area (Å²) in [6.07, 6.45) is 13.5. The highest BCUT2D eigenvalue weighted by Gasteiger charge is 2.33. The first-order valence-corrected chi connectivity index (χ1v) is 10.6. The Bertz CT molecular complexity index is 182. The van der Waals surface area contributed by atoms with E-state index in [2.05, 4.69) is 13.8 Å². The Kier molecular flexibility index (Phi) is 13.2. The monoisotopic (exact) mass is 288 g/mol. The van der Waals surface area contributed by atoms with E-state index in [1.54, 1.807) is 0 Å². The molecule has 0 bridgehead atoms. The molecule has 0 amide bonds. The Morgan fingerprint density at radius 1 is 0.579 bits per heavy atom. The van der Waals surface area contributed by atoms with Crippen molar-refractivity contribution in [3.05, 3.63) is 0 Å². The standard InChI is InChI=1S/C16H36O2Si/c1-5-7-9-10-11-12-13-14-16-19(17-3,18-4)15-8-6-2/h5-16H2,1-4H3. The predicted octanol–water partition coefficient (Wildman–Crippen LogP) is 5.66. The SMILES string of the molecule is CCCCCCCCCC[Si](CCCC)(OC)OC. The molecule has 0 saturated heterocycles. The quantitative estimate of drug-likeness (QED) is 0.303. The van der Waals surface area contributed by atoms with E-state index in [-0.39, 0.29) is 0 Å². The third-order valence-corrected chi connectivity index (χ3v) is 7.79. The largest absolute Gasteiger partial charge is 0.398 e. The van der Waals surface area contributed by atoms with Gasteiger partial charge in [0, 0.05) is 14.2 Å². The zero-order valence-electron chi connectivity index (χ0n) is 13.8. The maximum absolute atomic E-state index is 5.77. The van der Waals surface area contributed by atoms with Crippen LogP contribution in [0.3, 0.4) is 0 Å².